The van der Waals surface area contributed by atoms with Gasteiger partial charge in [0.2, 0.25) is 0 Å². The normalized spacial score (nSPS) is 12.7. The number of aryl methyl sites for hydroxylation is 3. The molecule has 2 rings (SSSR count). The number of benzene rings is 1. The Labute approximate surface area is 112 Å². The summed E-state index contributed by atoms with van der Waals surface area (Å²) in [6.07, 6.45) is 0.949. The van der Waals surface area contributed by atoms with Gasteiger partial charge in [-0.2, -0.15) is 0 Å². The molecule has 1 heterocycles. The third kappa shape index (κ3) is 2.60. The van der Waals surface area contributed by atoms with E-state index in [9.17, 15) is 5.11 Å². The Morgan fingerprint density at radius 3 is 2.56 bits per heavy atom. The van der Waals surface area contributed by atoms with E-state index in [1.807, 2.05) is 13.0 Å². The highest BCUT2D eigenvalue weighted by molar-refractivity contribution is 7.05. The summed E-state index contributed by atoms with van der Waals surface area (Å²) in [6, 6.07) is 6.22. The molecule has 1 aromatic heterocycles. The van der Waals surface area contributed by atoms with Crippen LogP contribution in [0.5, 0.6) is 0 Å². The van der Waals surface area contributed by atoms with Gasteiger partial charge in [0.1, 0.15) is 0 Å². The van der Waals surface area contributed by atoms with Crippen LogP contribution in [-0.2, 0) is 12.8 Å². The maximum absolute atomic E-state index is 10.4. The molecular weight excluding hydrogens is 244 g/mol. The molecule has 0 saturated heterocycles. The molecule has 18 heavy (non-hydrogen) atoms. The predicted molar refractivity (Wildman–Crippen MR) is 73.9 cm³/mol. The fourth-order valence-electron chi connectivity index (χ4n) is 2.17. The average Bonchev–Trinajstić information content (AvgIpc) is 2.82. The van der Waals surface area contributed by atoms with Crippen molar-refractivity contribution < 1.29 is 5.11 Å². The van der Waals surface area contributed by atoms with Gasteiger partial charge in [-0.25, -0.2) is 0 Å². The number of aromatic nitrogens is 2. The minimum Gasteiger partial charge on any atom is -0.387 e. The first kappa shape index (κ1) is 13.2. The summed E-state index contributed by atoms with van der Waals surface area (Å²) >= 11 is 1.30. The van der Waals surface area contributed by atoms with Gasteiger partial charge in [0.15, 0.2) is 0 Å². The van der Waals surface area contributed by atoms with Crippen molar-refractivity contribution in [3.8, 4) is 0 Å². The molecule has 0 bridgehead atoms. The molecule has 2 aromatic rings. The number of nitrogens with zero attached hydrogens (tertiary/aromatic N) is 2. The van der Waals surface area contributed by atoms with Crippen LogP contribution < -0.4 is 0 Å². The van der Waals surface area contributed by atoms with Gasteiger partial charge in [0.25, 0.3) is 0 Å². The third-order valence-electron chi connectivity index (χ3n) is 3.26. The molecule has 1 aromatic carbocycles. The van der Waals surface area contributed by atoms with Crippen molar-refractivity contribution in [2.75, 3.05) is 0 Å². The number of hydrogen-bond acceptors (Lipinski definition) is 4. The monoisotopic (exact) mass is 262 g/mol. The third-order valence-corrected chi connectivity index (χ3v) is 4.13. The standard InChI is InChI=1S/C14H18N2OS/c1-4-12-14(18-16-15-12)13(17)8-11-9(2)6-5-7-10(11)3/h5-7,13,17H,4,8H2,1-3H3. The van der Waals surface area contributed by atoms with E-state index in [-0.39, 0.29) is 0 Å². The van der Waals surface area contributed by atoms with Crippen LogP contribution in [0.15, 0.2) is 18.2 Å². The zero-order chi connectivity index (χ0) is 13.1. The number of aliphatic hydroxyl groups is 1. The van der Waals surface area contributed by atoms with Gasteiger partial charge in [-0.15, -0.1) is 5.10 Å². The van der Waals surface area contributed by atoms with E-state index in [0.29, 0.717) is 6.42 Å². The van der Waals surface area contributed by atoms with Crippen molar-refractivity contribution in [3.05, 3.63) is 45.5 Å². The topological polar surface area (TPSA) is 46.0 Å². The molecule has 0 aliphatic heterocycles. The quantitative estimate of drug-likeness (QED) is 0.921. The predicted octanol–water partition coefficient (Wildman–Crippen LogP) is 2.99. The smallest absolute Gasteiger partial charge is 0.0957 e. The molecule has 0 fully saturated rings. The highest BCUT2D eigenvalue weighted by Gasteiger charge is 2.17. The summed E-state index contributed by atoms with van der Waals surface area (Å²) in [6.45, 7) is 6.20. The first-order valence-electron chi connectivity index (χ1n) is 6.17. The zero-order valence-electron chi connectivity index (χ0n) is 11.0. The van der Waals surface area contributed by atoms with Gasteiger partial charge in [-0.1, -0.05) is 29.6 Å². The first-order valence-corrected chi connectivity index (χ1v) is 6.95. The minimum atomic E-state index is -0.500. The van der Waals surface area contributed by atoms with Crippen molar-refractivity contribution in [2.45, 2.75) is 39.7 Å². The van der Waals surface area contributed by atoms with Gasteiger partial charge < -0.3 is 5.11 Å². The summed E-state index contributed by atoms with van der Waals surface area (Å²) in [4.78, 5) is 0.903. The summed E-state index contributed by atoms with van der Waals surface area (Å²) < 4.78 is 3.93. The van der Waals surface area contributed by atoms with Crippen molar-refractivity contribution in [2.24, 2.45) is 0 Å². The van der Waals surface area contributed by atoms with Crippen LogP contribution in [0.4, 0.5) is 0 Å². The Kier molecular flexibility index (Phi) is 4.09. The molecule has 1 N–H and O–H groups in total. The maximum Gasteiger partial charge on any atom is 0.0957 e. The highest BCUT2D eigenvalue weighted by Crippen LogP contribution is 2.26. The second-order valence-corrected chi connectivity index (χ2v) is 5.31. The molecule has 1 unspecified atom stereocenters. The maximum atomic E-state index is 10.4. The molecule has 1 atom stereocenters. The van der Waals surface area contributed by atoms with Crippen LogP contribution in [0.2, 0.25) is 0 Å². The molecule has 3 nitrogen and oxygen atoms in total. The van der Waals surface area contributed by atoms with Crippen LogP contribution >= 0.6 is 11.5 Å². The van der Waals surface area contributed by atoms with E-state index in [2.05, 4.69) is 35.6 Å². The largest absolute Gasteiger partial charge is 0.387 e. The second-order valence-electron chi connectivity index (χ2n) is 4.53. The second kappa shape index (κ2) is 5.59. The molecule has 0 aliphatic carbocycles. The zero-order valence-corrected chi connectivity index (χ0v) is 11.8. The summed E-state index contributed by atoms with van der Waals surface area (Å²) in [7, 11) is 0. The SMILES string of the molecule is CCc1nnsc1C(O)Cc1c(C)cccc1C. The number of rotatable bonds is 4. The van der Waals surface area contributed by atoms with E-state index < -0.39 is 6.10 Å². The van der Waals surface area contributed by atoms with Crippen LogP contribution in [0.3, 0.4) is 0 Å². The van der Waals surface area contributed by atoms with Crippen molar-refractivity contribution in [1.29, 1.82) is 0 Å². The van der Waals surface area contributed by atoms with E-state index >= 15 is 0 Å². The number of hydrogen-bond donors (Lipinski definition) is 1. The Bertz CT molecular complexity index is 516. The van der Waals surface area contributed by atoms with Crippen LogP contribution in [0.25, 0.3) is 0 Å². The average molecular weight is 262 g/mol. The van der Waals surface area contributed by atoms with Gasteiger partial charge in [0.05, 0.1) is 16.7 Å². The molecule has 0 saturated carbocycles. The molecule has 96 valence electrons. The van der Waals surface area contributed by atoms with Crippen LogP contribution in [0, 0.1) is 13.8 Å². The van der Waals surface area contributed by atoms with E-state index in [4.69, 9.17) is 0 Å². The summed E-state index contributed by atoms with van der Waals surface area (Å²) in [5.41, 5.74) is 4.59. The van der Waals surface area contributed by atoms with Crippen molar-refractivity contribution in [3.63, 3.8) is 0 Å². The lowest BCUT2D eigenvalue weighted by atomic mass is 9.96. The fourth-order valence-corrected chi connectivity index (χ4v) is 2.89. The summed E-state index contributed by atoms with van der Waals surface area (Å²) in [5.74, 6) is 0. The van der Waals surface area contributed by atoms with Gasteiger partial charge >= 0.3 is 0 Å². The van der Waals surface area contributed by atoms with Crippen LogP contribution in [0.1, 0.15) is 40.3 Å². The molecular formula is C14H18N2OS. The molecule has 4 heteroatoms. The van der Waals surface area contributed by atoms with Crippen molar-refractivity contribution in [1.82, 2.24) is 9.59 Å². The molecule has 0 amide bonds. The lowest BCUT2D eigenvalue weighted by Gasteiger charge is -2.14. The van der Waals surface area contributed by atoms with E-state index in [1.165, 1.54) is 28.2 Å². The summed E-state index contributed by atoms with van der Waals surface area (Å²) in [5, 5.41) is 14.4. The van der Waals surface area contributed by atoms with Crippen molar-refractivity contribution >= 4 is 11.5 Å². The van der Waals surface area contributed by atoms with Gasteiger partial charge in [-0.3, -0.25) is 0 Å². The van der Waals surface area contributed by atoms with Crippen LogP contribution in [-0.4, -0.2) is 14.7 Å². The Morgan fingerprint density at radius 2 is 1.94 bits per heavy atom. The molecule has 0 aliphatic rings. The first-order chi connectivity index (χ1) is 8.63. The van der Waals surface area contributed by atoms with Gasteiger partial charge in [-0.05, 0) is 48.5 Å². The lowest BCUT2D eigenvalue weighted by molar-refractivity contribution is 0.180. The molecule has 0 spiro atoms. The van der Waals surface area contributed by atoms with Gasteiger partial charge in [0, 0.05) is 6.42 Å². The minimum absolute atomic E-state index is 0.500. The number of aliphatic hydroxyl groups excluding tert-OH is 1. The Morgan fingerprint density at radius 1 is 1.28 bits per heavy atom. The van der Waals surface area contributed by atoms with E-state index in [1.54, 1.807) is 0 Å². The Hall–Kier alpha value is -1.26. The lowest BCUT2D eigenvalue weighted by Crippen LogP contribution is -2.05. The molecule has 0 radical (unpaired) electrons. The Balaban J connectivity index is 2.24. The fraction of sp³-hybridized carbons (Fsp3) is 0.429. The van der Waals surface area contributed by atoms with E-state index in [0.717, 1.165) is 17.0 Å². The highest BCUT2D eigenvalue weighted by atomic mass is 32.1.